The van der Waals surface area contributed by atoms with Gasteiger partial charge in [0.05, 0.1) is 19.3 Å². The maximum Gasteiger partial charge on any atom is 0.222 e. The number of fused-ring (bicyclic) bond motifs is 1. The van der Waals surface area contributed by atoms with E-state index in [1.54, 1.807) is 19.0 Å². The Bertz CT molecular complexity index is 416. The van der Waals surface area contributed by atoms with Gasteiger partial charge in [0.25, 0.3) is 0 Å². The van der Waals surface area contributed by atoms with E-state index in [0.29, 0.717) is 13.0 Å². The Hall–Kier alpha value is -0.870. The van der Waals surface area contributed by atoms with Gasteiger partial charge in [-0.2, -0.15) is 0 Å². The summed E-state index contributed by atoms with van der Waals surface area (Å²) in [5.41, 5.74) is 2.33. The molecule has 1 N–H and O–H groups in total. The third kappa shape index (κ3) is 3.32. The zero-order chi connectivity index (χ0) is 15.5. The van der Waals surface area contributed by atoms with Gasteiger partial charge < -0.3 is 14.7 Å². The molecular formula is C17H29NO3. The molecule has 0 aromatic rings. The van der Waals surface area contributed by atoms with Crippen molar-refractivity contribution in [2.75, 3.05) is 27.3 Å². The molecule has 120 valence electrons. The number of aliphatic hydroxyl groups is 1. The molecule has 4 nitrogen and oxygen atoms in total. The van der Waals surface area contributed by atoms with Crippen molar-refractivity contribution in [3.63, 3.8) is 0 Å². The van der Waals surface area contributed by atoms with E-state index in [0.717, 1.165) is 25.7 Å². The maximum atomic E-state index is 11.8. The number of rotatable bonds is 4. The van der Waals surface area contributed by atoms with E-state index >= 15 is 0 Å². The predicted molar refractivity (Wildman–Crippen MR) is 83.0 cm³/mol. The van der Waals surface area contributed by atoms with Gasteiger partial charge in [0.2, 0.25) is 5.91 Å². The third-order valence-electron chi connectivity index (χ3n) is 5.25. The van der Waals surface area contributed by atoms with Crippen LogP contribution in [0.25, 0.3) is 0 Å². The summed E-state index contributed by atoms with van der Waals surface area (Å²) in [4.78, 5) is 13.4. The lowest BCUT2D eigenvalue weighted by atomic mass is 9.72. The molecule has 1 heterocycles. The molecular weight excluding hydrogens is 266 g/mol. The molecule has 1 aliphatic heterocycles. The Balaban J connectivity index is 2.16. The highest BCUT2D eigenvalue weighted by Crippen LogP contribution is 2.48. The van der Waals surface area contributed by atoms with Crippen molar-refractivity contribution < 1.29 is 14.6 Å². The van der Waals surface area contributed by atoms with Crippen molar-refractivity contribution >= 4 is 5.91 Å². The number of carbonyl (C=O) groups is 1. The van der Waals surface area contributed by atoms with E-state index in [4.69, 9.17) is 4.74 Å². The summed E-state index contributed by atoms with van der Waals surface area (Å²) in [6.45, 7) is 2.91. The molecule has 1 amide bonds. The van der Waals surface area contributed by atoms with Crippen LogP contribution in [0, 0.1) is 5.41 Å². The number of amides is 1. The normalized spacial score (nSPS) is 31.5. The van der Waals surface area contributed by atoms with Gasteiger partial charge >= 0.3 is 0 Å². The van der Waals surface area contributed by atoms with Crippen LogP contribution in [0.4, 0.5) is 0 Å². The number of carbonyl (C=O) groups excluding carboxylic acids is 1. The fourth-order valence-electron chi connectivity index (χ4n) is 3.79. The molecule has 2 atom stereocenters. The molecule has 1 saturated heterocycles. The highest BCUT2D eigenvalue weighted by atomic mass is 16.5. The standard InChI is InChI=1S/C17H29NO3/c1-13(8-9-16(20)18(2)3)14-11-21-15-7-5-4-6-10-17(14,15)12-19/h15,19H,4-12H2,1-3H3/b14-13+/t15-,17+/m1/s1. The Kier molecular flexibility index (Phi) is 5.44. The van der Waals surface area contributed by atoms with Gasteiger partial charge in [-0.3, -0.25) is 4.79 Å². The van der Waals surface area contributed by atoms with Crippen LogP contribution in [-0.4, -0.2) is 49.3 Å². The van der Waals surface area contributed by atoms with Crippen molar-refractivity contribution in [3.05, 3.63) is 11.1 Å². The van der Waals surface area contributed by atoms with Gasteiger partial charge in [-0.1, -0.05) is 24.8 Å². The predicted octanol–water partition coefficient (Wildman–Crippen LogP) is 2.51. The van der Waals surface area contributed by atoms with Gasteiger partial charge in [-0.15, -0.1) is 0 Å². The van der Waals surface area contributed by atoms with Gasteiger partial charge in [-0.25, -0.2) is 0 Å². The topological polar surface area (TPSA) is 49.8 Å². The monoisotopic (exact) mass is 295 g/mol. The number of ether oxygens (including phenoxy) is 1. The van der Waals surface area contributed by atoms with Crippen LogP contribution in [-0.2, 0) is 9.53 Å². The summed E-state index contributed by atoms with van der Waals surface area (Å²) < 4.78 is 6.01. The first kappa shape index (κ1) is 16.5. The molecule has 0 bridgehead atoms. The molecule has 1 aliphatic carbocycles. The largest absolute Gasteiger partial charge is 0.395 e. The lowest BCUT2D eigenvalue weighted by Crippen LogP contribution is -2.35. The zero-order valence-corrected chi connectivity index (χ0v) is 13.7. The molecule has 0 spiro atoms. The van der Waals surface area contributed by atoms with Crippen molar-refractivity contribution in [2.24, 2.45) is 5.41 Å². The summed E-state index contributed by atoms with van der Waals surface area (Å²) >= 11 is 0. The zero-order valence-electron chi connectivity index (χ0n) is 13.7. The van der Waals surface area contributed by atoms with Gasteiger partial charge in [0.15, 0.2) is 0 Å². The Morgan fingerprint density at radius 1 is 1.33 bits per heavy atom. The summed E-state index contributed by atoms with van der Waals surface area (Å²) in [6.07, 6.45) is 7.12. The molecule has 0 aromatic heterocycles. The maximum absolute atomic E-state index is 11.8. The van der Waals surface area contributed by atoms with Gasteiger partial charge in [0.1, 0.15) is 0 Å². The quantitative estimate of drug-likeness (QED) is 0.811. The minimum absolute atomic E-state index is 0.157. The SMILES string of the molecule is C/C(CCC(=O)N(C)C)=C1/CO[C@@H]2CCCCC[C@]12CO. The van der Waals surface area contributed by atoms with E-state index < -0.39 is 0 Å². The summed E-state index contributed by atoms with van der Waals surface area (Å²) in [6, 6.07) is 0. The first-order valence-corrected chi connectivity index (χ1v) is 8.13. The molecule has 0 radical (unpaired) electrons. The molecule has 1 saturated carbocycles. The highest BCUT2D eigenvalue weighted by Gasteiger charge is 2.48. The number of hydrogen-bond acceptors (Lipinski definition) is 3. The molecule has 0 aromatic carbocycles. The second-order valence-corrected chi connectivity index (χ2v) is 6.76. The van der Waals surface area contributed by atoms with E-state index in [1.807, 2.05) is 0 Å². The average Bonchev–Trinajstić information content (AvgIpc) is 2.70. The van der Waals surface area contributed by atoms with E-state index in [1.165, 1.54) is 24.0 Å². The van der Waals surface area contributed by atoms with Crippen molar-refractivity contribution in [1.82, 2.24) is 4.90 Å². The fourth-order valence-corrected chi connectivity index (χ4v) is 3.79. The summed E-state index contributed by atoms with van der Waals surface area (Å²) in [5.74, 6) is 0.157. The van der Waals surface area contributed by atoms with Crippen molar-refractivity contribution in [1.29, 1.82) is 0 Å². The minimum Gasteiger partial charge on any atom is -0.395 e. The van der Waals surface area contributed by atoms with E-state index in [2.05, 4.69) is 6.92 Å². The molecule has 0 unspecified atom stereocenters. The van der Waals surface area contributed by atoms with Gasteiger partial charge in [-0.05, 0) is 31.8 Å². The van der Waals surface area contributed by atoms with Crippen LogP contribution in [0.15, 0.2) is 11.1 Å². The number of allylic oxidation sites excluding steroid dienone is 1. The molecule has 2 rings (SSSR count). The summed E-state index contributed by atoms with van der Waals surface area (Å²) in [7, 11) is 3.58. The minimum atomic E-state index is -0.179. The Morgan fingerprint density at radius 3 is 2.76 bits per heavy atom. The Morgan fingerprint density at radius 2 is 2.10 bits per heavy atom. The van der Waals surface area contributed by atoms with Crippen LogP contribution in [0.2, 0.25) is 0 Å². The average molecular weight is 295 g/mol. The van der Waals surface area contributed by atoms with Crippen LogP contribution >= 0.6 is 0 Å². The van der Waals surface area contributed by atoms with Crippen LogP contribution in [0.5, 0.6) is 0 Å². The lowest BCUT2D eigenvalue weighted by molar-refractivity contribution is -0.128. The number of aliphatic hydroxyl groups excluding tert-OH is 1. The second-order valence-electron chi connectivity index (χ2n) is 6.76. The Labute approximate surface area is 128 Å². The van der Waals surface area contributed by atoms with Crippen LogP contribution in [0.1, 0.15) is 51.9 Å². The summed E-state index contributed by atoms with van der Waals surface area (Å²) in [5, 5.41) is 10.1. The molecule has 2 aliphatic rings. The second kappa shape index (κ2) is 6.93. The van der Waals surface area contributed by atoms with Crippen molar-refractivity contribution in [3.8, 4) is 0 Å². The first-order chi connectivity index (χ1) is 10.0. The van der Waals surface area contributed by atoms with Crippen molar-refractivity contribution in [2.45, 2.75) is 58.0 Å². The smallest absolute Gasteiger partial charge is 0.222 e. The lowest BCUT2D eigenvalue weighted by Gasteiger charge is -2.33. The highest BCUT2D eigenvalue weighted by molar-refractivity contribution is 5.75. The van der Waals surface area contributed by atoms with E-state index in [9.17, 15) is 9.90 Å². The number of hydrogen-bond donors (Lipinski definition) is 1. The first-order valence-electron chi connectivity index (χ1n) is 8.13. The van der Waals surface area contributed by atoms with Crippen LogP contribution in [0.3, 0.4) is 0 Å². The third-order valence-corrected chi connectivity index (χ3v) is 5.25. The van der Waals surface area contributed by atoms with Crippen LogP contribution < -0.4 is 0 Å². The molecule has 21 heavy (non-hydrogen) atoms. The molecule has 2 fully saturated rings. The van der Waals surface area contributed by atoms with Gasteiger partial charge in [0, 0.05) is 25.9 Å². The molecule has 4 heteroatoms. The fraction of sp³-hybridized carbons (Fsp3) is 0.824. The number of nitrogens with zero attached hydrogens (tertiary/aromatic N) is 1. The van der Waals surface area contributed by atoms with E-state index in [-0.39, 0.29) is 24.0 Å².